The second-order valence-electron chi connectivity index (χ2n) is 22.3. The van der Waals surface area contributed by atoms with Crippen LogP contribution in [0.25, 0.3) is 159 Å². The zero-order chi connectivity index (χ0) is 65.8. The van der Waals surface area contributed by atoms with Crippen LogP contribution >= 0.6 is 0 Å². The Bertz CT molecular complexity index is 5920. The summed E-state index contributed by atoms with van der Waals surface area (Å²) in [6.07, 6.45) is 0. The number of nitriles is 2. The van der Waals surface area contributed by atoms with Crippen LogP contribution in [0.1, 0.15) is 22.3 Å². The summed E-state index contributed by atoms with van der Waals surface area (Å²) in [4.78, 5) is 41.6. The van der Waals surface area contributed by atoms with Crippen LogP contribution in [-0.2, 0) is 0 Å². The minimum atomic E-state index is -2.22. The Morgan fingerprint density at radius 3 is 0.947 bits per heavy atom. The first-order chi connectivity index (χ1) is 46.2. The maximum absolute atomic E-state index is 14.7. The zero-order valence-electron chi connectivity index (χ0n) is 49.9. The van der Waals surface area contributed by atoms with Crippen LogP contribution < -0.4 is 0 Å². The molecule has 15 aromatic rings. The standard InChI is InChI=1S/C42H20F5N5.C37H20N6/c1-21-19-30-42(52-41(25-9-7-22(20-48)8-10-25)40(51-30)26-15-17-27(49-2)18-16-26)33-28-5-3-4-6-29(28)50-39(31(21)33)24-13-11-23(12-14-24)32-34(43)36(45)38(47)37(46)35(32)44;1-22-20-31-37(33-29-6-4-5-7-30(29)41-34(32(22)33)24-12-16-27(39-2)17-13-24)43-36(25-10-8-23(21-38)9-11-25)35(42-31)26-14-18-28(40-3)19-15-26/h3-19H,1H3;4-20H,1H3. The average Bonchev–Trinajstić information content (AvgIpc) is 0.731. The Kier molecular flexibility index (Phi) is 15.0. The molecule has 4 heterocycles. The van der Waals surface area contributed by atoms with Crippen LogP contribution in [0.4, 0.5) is 39.0 Å². The molecule has 0 aliphatic rings. The highest BCUT2D eigenvalue weighted by atomic mass is 19.2. The third kappa shape index (κ3) is 10.4. The molecule has 16 heteroatoms. The molecule has 0 spiro atoms. The number of aromatic nitrogens is 6. The van der Waals surface area contributed by atoms with Gasteiger partial charge < -0.3 is 0 Å². The molecule has 0 saturated heterocycles. The second kappa shape index (κ2) is 24.1. The smallest absolute Gasteiger partial charge is 0.200 e. The van der Waals surface area contributed by atoms with Crippen LogP contribution in [-0.4, -0.2) is 29.9 Å². The molecule has 0 unspecified atom stereocenters. The molecule has 15 rings (SSSR count). The lowest BCUT2D eigenvalue weighted by Crippen LogP contribution is -2.04. The van der Waals surface area contributed by atoms with E-state index in [1.807, 2.05) is 116 Å². The Morgan fingerprint density at radius 2 is 0.600 bits per heavy atom. The molecule has 95 heavy (non-hydrogen) atoms. The first-order valence-corrected chi connectivity index (χ1v) is 29.4. The molecule has 0 bridgehead atoms. The van der Waals surface area contributed by atoms with Crippen LogP contribution in [0.15, 0.2) is 206 Å². The number of aryl methyl sites for hydroxylation is 2. The summed E-state index contributed by atoms with van der Waals surface area (Å²) < 4.78 is 71.2. The van der Waals surface area contributed by atoms with E-state index in [9.17, 15) is 32.5 Å². The van der Waals surface area contributed by atoms with Crippen LogP contribution in [0.2, 0.25) is 0 Å². The summed E-state index contributed by atoms with van der Waals surface area (Å²) >= 11 is 0. The number of hydrogen-bond donors (Lipinski definition) is 0. The van der Waals surface area contributed by atoms with E-state index >= 15 is 0 Å². The lowest BCUT2D eigenvalue weighted by molar-refractivity contribution is 0.381. The molecular formula is C79H40F5N11. The van der Waals surface area contributed by atoms with Gasteiger partial charge in [-0.2, -0.15) is 10.5 Å². The van der Waals surface area contributed by atoms with Gasteiger partial charge in [0.2, 0.25) is 5.82 Å². The molecular weight excluding hydrogens is 1200 g/mol. The molecule has 11 aromatic carbocycles. The first kappa shape index (κ1) is 59.2. The van der Waals surface area contributed by atoms with Crippen molar-refractivity contribution in [3.8, 4) is 90.8 Å². The monoisotopic (exact) mass is 1240 g/mol. The second-order valence-corrected chi connectivity index (χ2v) is 22.3. The zero-order valence-corrected chi connectivity index (χ0v) is 49.9. The topological polar surface area (TPSA) is 138 Å². The summed E-state index contributed by atoms with van der Waals surface area (Å²) in [7, 11) is 0. The number of nitrogens with zero attached hydrogens (tertiary/aromatic N) is 11. The maximum atomic E-state index is 14.7. The van der Waals surface area contributed by atoms with Gasteiger partial charge in [-0.05, 0) is 95.8 Å². The van der Waals surface area contributed by atoms with Crippen LogP contribution in [0, 0.1) is 85.3 Å². The molecule has 11 nitrogen and oxygen atoms in total. The van der Waals surface area contributed by atoms with Crippen molar-refractivity contribution >= 4 is 82.5 Å². The third-order valence-corrected chi connectivity index (χ3v) is 16.6. The van der Waals surface area contributed by atoms with Gasteiger partial charge in [0.25, 0.3) is 0 Å². The number of benzene rings is 11. The van der Waals surface area contributed by atoms with Crippen molar-refractivity contribution in [2.75, 3.05) is 0 Å². The Hall–Kier alpha value is -13.5. The number of pyridine rings is 2. The number of halogens is 5. The number of hydrogen-bond acceptors (Lipinski definition) is 8. The lowest BCUT2D eigenvalue weighted by atomic mass is 9.93. The molecule has 446 valence electrons. The van der Waals surface area contributed by atoms with Gasteiger partial charge in [-0.25, -0.2) is 66.4 Å². The first-order valence-electron chi connectivity index (χ1n) is 29.4. The predicted octanol–water partition coefficient (Wildman–Crippen LogP) is 21.0. The van der Waals surface area contributed by atoms with Crippen molar-refractivity contribution in [1.29, 1.82) is 10.5 Å². The largest absolute Gasteiger partial charge is 0.247 e. The van der Waals surface area contributed by atoms with Gasteiger partial charge in [0, 0.05) is 49.0 Å². The van der Waals surface area contributed by atoms with E-state index in [0.717, 1.165) is 87.9 Å². The predicted molar refractivity (Wildman–Crippen MR) is 360 cm³/mol. The van der Waals surface area contributed by atoms with Crippen molar-refractivity contribution in [3.63, 3.8) is 0 Å². The van der Waals surface area contributed by atoms with E-state index in [0.29, 0.717) is 84.3 Å². The summed E-state index contributed by atoms with van der Waals surface area (Å²) in [6, 6.07) is 65.8. The average molecular weight is 1240 g/mol. The lowest BCUT2D eigenvalue weighted by Gasteiger charge is -2.17. The molecule has 4 aromatic heterocycles. The molecule has 0 amide bonds. The molecule has 0 aliphatic carbocycles. The highest BCUT2D eigenvalue weighted by Crippen LogP contribution is 2.44. The fourth-order valence-electron chi connectivity index (χ4n) is 12.1. The van der Waals surface area contributed by atoms with Gasteiger partial charge in [0.1, 0.15) is 0 Å². The highest BCUT2D eigenvalue weighted by Gasteiger charge is 2.28. The van der Waals surface area contributed by atoms with E-state index < -0.39 is 34.6 Å². The van der Waals surface area contributed by atoms with E-state index in [1.54, 1.807) is 60.7 Å². The fraction of sp³-hybridized carbons (Fsp3) is 0.0253. The minimum Gasteiger partial charge on any atom is -0.247 e. The van der Waals surface area contributed by atoms with E-state index in [2.05, 4.69) is 45.7 Å². The Balaban J connectivity index is 0.000000167. The van der Waals surface area contributed by atoms with Crippen molar-refractivity contribution < 1.29 is 22.0 Å². The van der Waals surface area contributed by atoms with Crippen molar-refractivity contribution in [3.05, 3.63) is 292 Å². The molecule has 0 atom stereocenters. The van der Waals surface area contributed by atoms with Gasteiger partial charge in [-0.15, -0.1) is 0 Å². The minimum absolute atomic E-state index is 0.196. The van der Waals surface area contributed by atoms with Gasteiger partial charge in [-0.3, -0.25) is 0 Å². The summed E-state index contributed by atoms with van der Waals surface area (Å²) in [5.41, 5.74) is 15.8. The SMILES string of the molecule is [C-]#[N+]c1ccc(-c2nc3cc(C)c4c(-c5ccc(-c6c(F)c(F)c(F)c(F)c6F)cc5)nc5ccccc5c4c3nc2-c2ccc(C#N)cc2)cc1.[C-]#[N+]c1ccc(-c2nc3cc(C)c4c(-c5ccc([N+]#[C-])cc5)nc5ccccc5c4c3nc2-c2ccc(C#N)cc2)cc1. The van der Waals surface area contributed by atoms with Crippen molar-refractivity contribution in [2.45, 2.75) is 13.8 Å². The fourth-order valence-corrected chi connectivity index (χ4v) is 12.1. The molecule has 0 aliphatic heterocycles. The number of para-hydroxylation sites is 2. The molecule has 0 fully saturated rings. The molecule has 0 N–H and O–H groups in total. The van der Waals surface area contributed by atoms with Crippen LogP contribution in [0.3, 0.4) is 0 Å². The van der Waals surface area contributed by atoms with Gasteiger partial charge in [-0.1, -0.05) is 158 Å². The maximum Gasteiger partial charge on any atom is 0.200 e. The van der Waals surface area contributed by atoms with E-state index in [1.165, 1.54) is 24.3 Å². The summed E-state index contributed by atoms with van der Waals surface area (Å²) in [5.74, 6) is -10.1. The van der Waals surface area contributed by atoms with Crippen molar-refractivity contribution in [2.24, 2.45) is 0 Å². The van der Waals surface area contributed by atoms with Crippen LogP contribution in [0.5, 0.6) is 0 Å². The van der Waals surface area contributed by atoms with E-state index in [-0.39, 0.29) is 5.56 Å². The van der Waals surface area contributed by atoms with Gasteiger partial charge in [0.15, 0.2) is 40.3 Å². The number of rotatable bonds is 7. The van der Waals surface area contributed by atoms with Gasteiger partial charge >= 0.3 is 0 Å². The summed E-state index contributed by atoms with van der Waals surface area (Å²) in [6.45, 7) is 26.1. The normalized spacial score (nSPS) is 11.1. The Morgan fingerprint density at radius 1 is 0.316 bits per heavy atom. The third-order valence-electron chi connectivity index (χ3n) is 16.6. The number of fused-ring (bicyclic) bond motifs is 10. The van der Waals surface area contributed by atoms with Gasteiger partial charge in [0.05, 0.1) is 116 Å². The van der Waals surface area contributed by atoms with Crippen molar-refractivity contribution in [1.82, 2.24) is 29.9 Å². The molecule has 0 radical (unpaired) electrons. The van der Waals surface area contributed by atoms with E-state index in [4.69, 9.17) is 49.6 Å². The summed E-state index contributed by atoms with van der Waals surface area (Å²) in [5, 5.41) is 24.0. The molecule has 0 saturated carbocycles. The highest BCUT2D eigenvalue weighted by molar-refractivity contribution is 6.23. The quantitative estimate of drug-likeness (QED) is 0.0506. The Labute approximate surface area is 538 Å².